The number of hydrogen-bond acceptors (Lipinski definition) is 2. The number of para-hydroxylation sites is 1. The van der Waals surface area contributed by atoms with Gasteiger partial charge < -0.3 is 10.1 Å². The van der Waals surface area contributed by atoms with E-state index in [-0.39, 0.29) is 12.4 Å². The summed E-state index contributed by atoms with van der Waals surface area (Å²) in [5.41, 5.74) is 1.62. The molecule has 0 amide bonds. The van der Waals surface area contributed by atoms with Crippen LogP contribution in [-0.4, -0.2) is 7.05 Å². The van der Waals surface area contributed by atoms with E-state index in [0.717, 1.165) is 17.9 Å². The van der Waals surface area contributed by atoms with Crippen LogP contribution in [0.4, 0.5) is 4.39 Å². The third-order valence-electron chi connectivity index (χ3n) is 2.63. The zero-order valence-electron chi connectivity index (χ0n) is 10.3. The zero-order chi connectivity index (χ0) is 12.8. The monoisotopic (exact) mass is 245 g/mol. The smallest absolute Gasteiger partial charge is 0.129 e. The molecule has 1 N–H and O–H groups in total. The van der Waals surface area contributed by atoms with Crippen molar-refractivity contribution in [2.24, 2.45) is 0 Å². The molecule has 0 spiro atoms. The molecule has 0 atom stereocenters. The first kappa shape index (κ1) is 12.6. The maximum Gasteiger partial charge on any atom is 0.129 e. The van der Waals surface area contributed by atoms with E-state index in [1.807, 2.05) is 43.4 Å². The van der Waals surface area contributed by atoms with Gasteiger partial charge in [-0.15, -0.1) is 0 Å². The molecular weight excluding hydrogens is 229 g/mol. The predicted octanol–water partition coefficient (Wildman–Crippen LogP) is 3.12. The Morgan fingerprint density at radius 2 is 1.89 bits per heavy atom. The normalized spacial score (nSPS) is 10.3. The van der Waals surface area contributed by atoms with Crippen molar-refractivity contribution in [3.8, 4) is 5.75 Å². The highest BCUT2D eigenvalue weighted by Gasteiger charge is 2.04. The maximum atomic E-state index is 13.6. The van der Waals surface area contributed by atoms with E-state index in [1.54, 1.807) is 6.07 Å². The lowest BCUT2D eigenvalue weighted by Gasteiger charge is -2.09. The second kappa shape index (κ2) is 6.17. The van der Waals surface area contributed by atoms with Crippen molar-refractivity contribution in [2.75, 3.05) is 7.05 Å². The second-order valence-electron chi connectivity index (χ2n) is 4.06. The molecule has 2 aromatic carbocycles. The molecule has 18 heavy (non-hydrogen) atoms. The molecule has 94 valence electrons. The highest BCUT2D eigenvalue weighted by atomic mass is 19.1. The Labute approximate surface area is 106 Å². The van der Waals surface area contributed by atoms with E-state index in [0.29, 0.717) is 5.56 Å². The van der Waals surface area contributed by atoms with E-state index in [1.165, 1.54) is 6.07 Å². The molecule has 0 unspecified atom stereocenters. The lowest BCUT2D eigenvalue weighted by molar-refractivity contribution is 0.299. The van der Waals surface area contributed by atoms with Gasteiger partial charge >= 0.3 is 0 Å². The number of hydrogen-bond donors (Lipinski definition) is 1. The van der Waals surface area contributed by atoms with Crippen LogP contribution in [0.2, 0.25) is 0 Å². The van der Waals surface area contributed by atoms with Crippen molar-refractivity contribution in [3.63, 3.8) is 0 Å². The van der Waals surface area contributed by atoms with Gasteiger partial charge in [-0.2, -0.15) is 0 Å². The van der Waals surface area contributed by atoms with Crippen LogP contribution in [0.15, 0.2) is 48.5 Å². The van der Waals surface area contributed by atoms with Crippen LogP contribution in [0, 0.1) is 5.82 Å². The average molecular weight is 245 g/mol. The summed E-state index contributed by atoms with van der Waals surface area (Å²) >= 11 is 0. The van der Waals surface area contributed by atoms with Crippen LogP contribution in [-0.2, 0) is 13.2 Å². The number of halogens is 1. The molecule has 2 rings (SSSR count). The summed E-state index contributed by atoms with van der Waals surface area (Å²) in [6.07, 6.45) is 0. The molecule has 2 nitrogen and oxygen atoms in total. The molecule has 0 aliphatic carbocycles. The first-order valence-corrected chi connectivity index (χ1v) is 5.89. The lowest BCUT2D eigenvalue weighted by atomic mass is 10.1. The fourth-order valence-electron chi connectivity index (χ4n) is 1.73. The summed E-state index contributed by atoms with van der Waals surface area (Å²) in [5, 5.41) is 3.04. The van der Waals surface area contributed by atoms with Gasteiger partial charge in [0.05, 0.1) is 0 Å². The van der Waals surface area contributed by atoms with Gasteiger partial charge in [0.25, 0.3) is 0 Å². The van der Waals surface area contributed by atoms with Gasteiger partial charge in [-0.05, 0) is 36.9 Å². The molecule has 0 bridgehead atoms. The predicted molar refractivity (Wildman–Crippen MR) is 69.9 cm³/mol. The highest BCUT2D eigenvalue weighted by molar-refractivity contribution is 5.26. The molecule has 0 heterocycles. The summed E-state index contributed by atoms with van der Waals surface area (Å²) in [6.45, 7) is 0.964. The Kier molecular flexibility index (Phi) is 4.31. The first-order chi connectivity index (χ1) is 8.79. The first-order valence-electron chi connectivity index (χ1n) is 5.89. The third kappa shape index (κ3) is 3.31. The van der Waals surface area contributed by atoms with Crippen molar-refractivity contribution in [3.05, 3.63) is 65.5 Å². The van der Waals surface area contributed by atoms with E-state index >= 15 is 0 Å². The van der Waals surface area contributed by atoms with Crippen LogP contribution in [0.1, 0.15) is 11.1 Å². The number of ether oxygens (including phenoxy) is 1. The molecule has 0 aliphatic rings. The van der Waals surface area contributed by atoms with Gasteiger partial charge in [-0.25, -0.2) is 4.39 Å². The van der Waals surface area contributed by atoms with Crippen LogP contribution >= 0.6 is 0 Å². The summed E-state index contributed by atoms with van der Waals surface area (Å²) in [7, 11) is 1.86. The van der Waals surface area contributed by atoms with Gasteiger partial charge in [0.15, 0.2) is 0 Å². The number of nitrogens with one attached hydrogen (secondary N) is 1. The fraction of sp³-hybridized carbons (Fsp3) is 0.200. The van der Waals surface area contributed by atoms with Gasteiger partial charge in [0, 0.05) is 12.1 Å². The highest BCUT2D eigenvalue weighted by Crippen LogP contribution is 2.15. The molecule has 0 radical (unpaired) electrons. The SMILES string of the molecule is CNCc1ccc(F)c(COc2ccccc2)c1. The van der Waals surface area contributed by atoms with Crippen molar-refractivity contribution >= 4 is 0 Å². The van der Waals surface area contributed by atoms with E-state index in [9.17, 15) is 4.39 Å². The molecule has 0 aromatic heterocycles. The van der Waals surface area contributed by atoms with Crippen molar-refractivity contribution in [2.45, 2.75) is 13.2 Å². The van der Waals surface area contributed by atoms with E-state index < -0.39 is 0 Å². The van der Waals surface area contributed by atoms with Crippen LogP contribution in [0.5, 0.6) is 5.75 Å². The van der Waals surface area contributed by atoms with E-state index in [2.05, 4.69) is 5.32 Å². The summed E-state index contributed by atoms with van der Waals surface area (Å²) in [4.78, 5) is 0. The summed E-state index contributed by atoms with van der Waals surface area (Å²) in [6, 6.07) is 14.5. The Balaban J connectivity index is 2.06. The molecule has 0 saturated heterocycles. The minimum atomic E-state index is -0.231. The van der Waals surface area contributed by atoms with Crippen LogP contribution in [0.3, 0.4) is 0 Å². The van der Waals surface area contributed by atoms with Gasteiger partial charge in [0.1, 0.15) is 18.2 Å². The fourth-order valence-corrected chi connectivity index (χ4v) is 1.73. The number of rotatable bonds is 5. The minimum absolute atomic E-state index is 0.231. The molecule has 0 aliphatic heterocycles. The Hall–Kier alpha value is -1.87. The van der Waals surface area contributed by atoms with Crippen LogP contribution < -0.4 is 10.1 Å². The molecule has 0 saturated carbocycles. The Morgan fingerprint density at radius 1 is 1.11 bits per heavy atom. The second-order valence-corrected chi connectivity index (χ2v) is 4.06. The molecule has 0 fully saturated rings. The minimum Gasteiger partial charge on any atom is -0.489 e. The largest absolute Gasteiger partial charge is 0.489 e. The summed E-state index contributed by atoms with van der Waals surface area (Å²) < 4.78 is 19.2. The van der Waals surface area contributed by atoms with Crippen molar-refractivity contribution < 1.29 is 9.13 Å². The summed E-state index contributed by atoms with van der Waals surface area (Å²) in [5.74, 6) is 0.515. The lowest BCUT2D eigenvalue weighted by Crippen LogP contribution is -2.07. The Bertz CT molecular complexity index is 499. The third-order valence-corrected chi connectivity index (χ3v) is 2.63. The van der Waals surface area contributed by atoms with Gasteiger partial charge in [-0.3, -0.25) is 0 Å². The molecule has 3 heteroatoms. The Morgan fingerprint density at radius 3 is 2.61 bits per heavy atom. The van der Waals surface area contributed by atoms with Crippen molar-refractivity contribution in [1.82, 2.24) is 5.32 Å². The topological polar surface area (TPSA) is 21.3 Å². The maximum absolute atomic E-state index is 13.6. The average Bonchev–Trinajstić information content (AvgIpc) is 2.41. The van der Waals surface area contributed by atoms with Gasteiger partial charge in [0.2, 0.25) is 0 Å². The molecular formula is C15H16FNO. The van der Waals surface area contributed by atoms with Gasteiger partial charge in [-0.1, -0.05) is 24.3 Å². The standard InChI is InChI=1S/C15H16FNO/c1-17-10-12-7-8-15(16)13(9-12)11-18-14-5-3-2-4-6-14/h2-9,17H,10-11H2,1H3. The van der Waals surface area contributed by atoms with Crippen molar-refractivity contribution in [1.29, 1.82) is 0 Å². The zero-order valence-corrected chi connectivity index (χ0v) is 10.3. The van der Waals surface area contributed by atoms with Crippen LogP contribution in [0.25, 0.3) is 0 Å². The molecule has 2 aromatic rings. The van der Waals surface area contributed by atoms with E-state index in [4.69, 9.17) is 4.74 Å². The quantitative estimate of drug-likeness (QED) is 0.873. The number of benzene rings is 2.